The number of nitrogens with one attached hydrogen (secondary N) is 1. The Kier molecular flexibility index (Phi) is 6.73. The van der Waals surface area contributed by atoms with E-state index in [-0.39, 0.29) is 5.91 Å². The lowest BCUT2D eigenvalue weighted by molar-refractivity contribution is -0.133. The number of nitrogens with zero attached hydrogens (tertiary/aromatic N) is 1. The van der Waals surface area contributed by atoms with Crippen molar-refractivity contribution in [2.75, 3.05) is 19.7 Å². The van der Waals surface area contributed by atoms with Crippen LogP contribution in [0.1, 0.15) is 74.6 Å². The number of hydrogen-bond donors (Lipinski definition) is 1. The van der Waals surface area contributed by atoms with Gasteiger partial charge in [-0.3, -0.25) is 9.59 Å². The highest BCUT2D eigenvalue weighted by Crippen LogP contribution is 2.29. The van der Waals surface area contributed by atoms with Crippen LogP contribution in [0.15, 0.2) is 24.3 Å². The Morgan fingerprint density at radius 3 is 2.55 bits per heavy atom. The lowest BCUT2D eigenvalue weighted by atomic mass is 9.97. The Labute approximate surface area is 174 Å². The Hall–Kier alpha value is -2.04. The molecule has 29 heavy (non-hydrogen) atoms. The second kappa shape index (κ2) is 9.64. The second-order valence-corrected chi connectivity index (χ2v) is 9.09. The molecule has 3 aliphatic rings. The van der Waals surface area contributed by atoms with Gasteiger partial charge in [0.25, 0.3) is 5.91 Å². The minimum absolute atomic E-state index is 0.0459. The third-order valence-corrected chi connectivity index (χ3v) is 6.63. The molecule has 1 N–H and O–H groups in total. The Balaban J connectivity index is 1.26. The van der Waals surface area contributed by atoms with E-state index in [1.165, 1.54) is 25.7 Å². The molecular formula is C24H34N2O3. The third kappa shape index (κ3) is 5.74. The zero-order valence-corrected chi connectivity index (χ0v) is 17.4. The number of piperidine rings is 1. The van der Waals surface area contributed by atoms with Gasteiger partial charge in [0, 0.05) is 31.5 Å². The van der Waals surface area contributed by atoms with Gasteiger partial charge in [-0.25, -0.2) is 0 Å². The molecule has 1 atom stereocenters. The van der Waals surface area contributed by atoms with E-state index in [4.69, 9.17) is 4.74 Å². The molecule has 1 heterocycles. The van der Waals surface area contributed by atoms with E-state index in [1.54, 1.807) is 0 Å². The second-order valence-electron chi connectivity index (χ2n) is 9.09. The van der Waals surface area contributed by atoms with Crippen molar-refractivity contribution < 1.29 is 14.3 Å². The first-order chi connectivity index (χ1) is 14.2. The quantitative estimate of drug-likeness (QED) is 0.715. The fourth-order valence-electron chi connectivity index (χ4n) is 4.69. The summed E-state index contributed by atoms with van der Waals surface area (Å²) in [5.41, 5.74) is 0.611. The summed E-state index contributed by atoms with van der Waals surface area (Å²) >= 11 is 0. The van der Waals surface area contributed by atoms with E-state index in [0.717, 1.165) is 51.1 Å². The average molecular weight is 399 g/mol. The molecule has 1 saturated heterocycles. The van der Waals surface area contributed by atoms with Crippen LogP contribution in [0.4, 0.5) is 0 Å². The van der Waals surface area contributed by atoms with E-state index in [0.29, 0.717) is 42.2 Å². The van der Waals surface area contributed by atoms with Crippen molar-refractivity contribution in [1.29, 1.82) is 0 Å². The average Bonchev–Trinajstić information content (AvgIpc) is 3.41. The Bertz CT molecular complexity index is 710. The van der Waals surface area contributed by atoms with Gasteiger partial charge in [-0.2, -0.15) is 0 Å². The monoisotopic (exact) mass is 398 g/mol. The van der Waals surface area contributed by atoms with Gasteiger partial charge in [0.15, 0.2) is 0 Å². The predicted molar refractivity (Wildman–Crippen MR) is 113 cm³/mol. The molecule has 0 bridgehead atoms. The summed E-state index contributed by atoms with van der Waals surface area (Å²) in [5.74, 6) is 2.01. The fraction of sp³-hybridized carbons (Fsp3) is 0.667. The molecule has 5 heteroatoms. The predicted octanol–water partition coefficient (Wildman–Crippen LogP) is 4.17. The molecule has 158 valence electrons. The summed E-state index contributed by atoms with van der Waals surface area (Å²) in [4.78, 5) is 27.1. The smallest absolute Gasteiger partial charge is 0.255 e. The molecule has 1 unspecified atom stereocenters. The van der Waals surface area contributed by atoms with E-state index in [1.807, 2.05) is 29.2 Å². The highest BCUT2D eigenvalue weighted by atomic mass is 16.5. The summed E-state index contributed by atoms with van der Waals surface area (Å²) in [6, 6.07) is 7.81. The first-order valence-electron chi connectivity index (χ1n) is 11.5. The molecule has 1 aromatic carbocycles. The van der Waals surface area contributed by atoms with Gasteiger partial charge < -0.3 is 15.0 Å². The van der Waals surface area contributed by atoms with E-state index in [9.17, 15) is 9.59 Å². The number of para-hydroxylation sites is 1. The number of ether oxygens (including phenoxy) is 1. The summed E-state index contributed by atoms with van der Waals surface area (Å²) in [6.45, 7) is 2.21. The number of rotatable bonds is 8. The van der Waals surface area contributed by atoms with Crippen molar-refractivity contribution in [3.63, 3.8) is 0 Å². The molecular weight excluding hydrogens is 364 g/mol. The van der Waals surface area contributed by atoms with Gasteiger partial charge in [-0.05, 0) is 50.2 Å². The zero-order valence-electron chi connectivity index (χ0n) is 17.4. The molecule has 3 fully saturated rings. The normalized spacial score (nSPS) is 22.5. The van der Waals surface area contributed by atoms with Crippen LogP contribution in [-0.4, -0.2) is 42.5 Å². The maximum Gasteiger partial charge on any atom is 0.255 e. The SMILES string of the molecule is O=C(NC1CC1)c1ccccc1OCC1CCCN(C(=O)CCC2CCCC2)C1. The topological polar surface area (TPSA) is 58.6 Å². The van der Waals surface area contributed by atoms with Crippen molar-refractivity contribution in [1.82, 2.24) is 10.2 Å². The molecule has 2 saturated carbocycles. The van der Waals surface area contributed by atoms with Gasteiger partial charge in [-0.1, -0.05) is 37.8 Å². The largest absolute Gasteiger partial charge is 0.492 e. The van der Waals surface area contributed by atoms with Crippen LogP contribution in [0.5, 0.6) is 5.75 Å². The maximum absolute atomic E-state index is 12.7. The highest BCUT2D eigenvalue weighted by Gasteiger charge is 2.27. The number of benzene rings is 1. The molecule has 1 aliphatic heterocycles. The van der Waals surface area contributed by atoms with Crippen molar-refractivity contribution in [3.05, 3.63) is 29.8 Å². The van der Waals surface area contributed by atoms with E-state index >= 15 is 0 Å². The molecule has 0 spiro atoms. The summed E-state index contributed by atoms with van der Waals surface area (Å²) in [7, 11) is 0. The zero-order chi connectivity index (χ0) is 20.1. The van der Waals surface area contributed by atoms with Gasteiger partial charge in [0.1, 0.15) is 5.75 Å². The Morgan fingerprint density at radius 1 is 1.00 bits per heavy atom. The van der Waals surface area contributed by atoms with Gasteiger partial charge in [-0.15, -0.1) is 0 Å². The van der Waals surface area contributed by atoms with E-state index < -0.39 is 0 Å². The van der Waals surface area contributed by atoms with Crippen LogP contribution >= 0.6 is 0 Å². The molecule has 1 aromatic rings. The van der Waals surface area contributed by atoms with Crippen molar-refractivity contribution in [2.45, 2.75) is 70.3 Å². The molecule has 0 aromatic heterocycles. The molecule has 0 radical (unpaired) electrons. The number of carbonyl (C=O) groups excluding carboxylic acids is 2. The minimum atomic E-state index is -0.0459. The van der Waals surface area contributed by atoms with E-state index in [2.05, 4.69) is 5.32 Å². The van der Waals surface area contributed by atoms with Crippen molar-refractivity contribution in [3.8, 4) is 5.75 Å². The third-order valence-electron chi connectivity index (χ3n) is 6.63. The minimum Gasteiger partial charge on any atom is -0.492 e. The summed E-state index contributed by atoms with van der Waals surface area (Å²) in [5, 5.41) is 3.04. The number of amides is 2. The number of carbonyl (C=O) groups is 2. The fourth-order valence-corrected chi connectivity index (χ4v) is 4.69. The lowest BCUT2D eigenvalue weighted by Gasteiger charge is -2.33. The van der Waals surface area contributed by atoms with Crippen molar-refractivity contribution >= 4 is 11.8 Å². The van der Waals surface area contributed by atoms with Crippen LogP contribution in [0, 0.1) is 11.8 Å². The Morgan fingerprint density at radius 2 is 1.76 bits per heavy atom. The van der Waals surface area contributed by atoms with Crippen LogP contribution in [-0.2, 0) is 4.79 Å². The summed E-state index contributed by atoms with van der Waals surface area (Å²) in [6.07, 6.45) is 11.3. The van der Waals surface area contributed by atoms with Crippen LogP contribution in [0.2, 0.25) is 0 Å². The lowest BCUT2D eigenvalue weighted by Crippen LogP contribution is -2.41. The molecule has 5 nitrogen and oxygen atoms in total. The number of hydrogen-bond acceptors (Lipinski definition) is 3. The highest BCUT2D eigenvalue weighted by molar-refractivity contribution is 5.97. The van der Waals surface area contributed by atoms with Crippen LogP contribution < -0.4 is 10.1 Å². The first kappa shape index (κ1) is 20.2. The van der Waals surface area contributed by atoms with Crippen LogP contribution in [0.3, 0.4) is 0 Å². The van der Waals surface area contributed by atoms with Gasteiger partial charge in [0.05, 0.1) is 12.2 Å². The van der Waals surface area contributed by atoms with Crippen molar-refractivity contribution in [2.24, 2.45) is 11.8 Å². The number of likely N-dealkylation sites (tertiary alicyclic amines) is 1. The molecule has 2 amide bonds. The van der Waals surface area contributed by atoms with Crippen LogP contribution in [0.25, 0.3) is 0 Å². The molecule has 2 aliphatic carbocycles. The maximum atomic E-state index is 12.7. The van der Waals surface area contributed by atoms with Gasteiger partial charge >= 0.3 is 0 Å². The first-order valence-corrected chi connectivity index (χ1v) is 11.5. The van der Waals surface area contributed by atoms with Gasteiger partial charge in [0.2, 0.25) is 5.91 Å². The summed E-state index contributed by atoms with van der Waals surface area (Å²) < 4.78 is 6.07. The molecule has 4 rings (SSSR count). The standard InChI is InChI=1S/C24H34N2O3/c27-23(14-11-18-6-1-2-7-18)26-15-5-8-19(16-26)17-29-22-10-4-3-9-21(22)24(28)25-20-12-13-20/h3-4,9-10,18-20H,1-2,5-8,11-17H2,(H,25,28).